The van der Waals surface area contributed by atoms with Gasteiger partial charge in [0, 0.05) is 0 Å². The van der Waals surface area contributed by atoms with Gasteiger partial charge in [-0.15, -0.1) is 0 Å². The van der Waals surface area contributed by atoms with E-state index in [0.717, 1.165) is 11.1 Å². The molecule has 0 radical (unpaired) electrons. The number of allylic oxidation sites excluding steroid dienone is 1. The maximum atomic E-state index is 13.7. The van der Waals surface area contributed by atoms with E-state index in [0.29, 0.717) is 36.7 Å². The van der Waals surface area contributed by atoms with Crippen molar-refractivity contribution >= 4 is 39.3 Å². The summed E-state index contributed by atoms with van der Waals surface area (Å²) in [7, 11) is 0. The van der Waals surface area contributed by atoms with Crippen LogP contribution in [0.2, 0.25) is 0 Å². The second-order valence-corrected chi connectivity index (χ2v) is 10.6. The zero-order chi connectivity index (χ0) is 26.7. The Morgan fingerprint density at radius 3 is 2.62 bits per heavy atom. The molecule has 1 atom stereocenters. The van der Waals surface area contributed by atoms with E-state index in [-0.39, 0.29) is 18.8 Å². The molecule has 0 bridgehead atoms. The van der Waals surface area contributed by atoms with E-state index >= 15 is 0 Å². The van der Waals surface area contributed by atoms with Gasteiger partial charge in [0.2, 0.25) is 0 Å². The highest BCUT2D eigenvalue weighted by atomic mass is 79.9. The summed E-state index contributed by atoms with van der Waals surface area (Å²) in [4.78, 5) is 31.9. The molecule has 190 valence electrons. The summed E-state index contributed by atoms with van der Waals surface area (Å²) >= 11 is 4.73. The average molecular weight is 581 g/mol. The summed E-state index contributed by atoms with van der Waals surface area (Å²) in [6, 6.07) is 14.7. The number of halogens is 1. The molecule has 3 aromatic rings. The monoisotopic (exact) mass is 579 g/mol. The minimum Gasteiger partial charge on any atom is -0.478 e. The van der Waals surface area contributed by atoms with Crippen molar-refractivity contribution < 1.29 is 14.3 Å². The lowest BCUT2D eigenvalue weighted by atomic mass is 9.93. The highest BCUT2D eigenvalue weighted by Gasteiger charge is 2.33. The van der Waals surface area contributed by atoms with Crippen LogP contribution in [0.15, 0.2) is 68.0 Å². The van der Waals surface area contributed by atoms with E-state index in [9.17, 15) is 9.59 Å². The number of aromatic nitrogens is 1. The van der Waals surface area contributed by atoms with Crippen molar-refractivity contribution in [2.24, 2.45) is 4.99 Å². The molecular formula is C28H26BrN3O4S. The van der Waals surface area contributed by atoms with Crippen molar-refractivity contribution in [2.45, 2.75) is 39.7 Å². The summed E-state index contributed by atoms with van der Waals surface area (Å²) < 4.78 is 13.5. The number of fused-ring (bicyclic) bond motifs is 1. The third kappa shape index (κ3) is 5.45. The number of carbonyl (C=O) groups excluding carboxylic acids is 1. The second-order valence-electron chi connectivity index (χ2n) is 8.76. The predicted octanol–water partition coefficient (Wildman–Crippen LogP) is 4.59. The first-order chi connectivity index (χ1) is 17.7. The maximum Gasteiger partial charge on any atom is 0.338 e. The normalized spacial score (nSPS) is 15.3. The van der Waals surface area contributed by atoms with Crippen LogP contribution in [-0.2, 0) is 9.53 Å². The number of hydrogen-bond acceptors (Lipinski definition) is 7. The summed E-state index contributed by atoms with van der Waals surface area (Å²) in [5.41, 5.74) is 3.42. The largest absolute Gasteiger partial charge is 0.478 e. The van der Waals surface area contributed by atoms with Crippen LogP contribution in [0.5, 0.6) is 5.75 Å². The number of benzene rings is 2. The third-order valence-corrected chi connectivity index (χ3v) is 7.58. The summed E-state index contributed by atoms with van der Waals surface area (Å²) in [6.45, 7) is 7.93. The van der Waals surface area contributed by atoms with E-state index < -0.39 is 12.0 Å². The van der Waals surface area contributed by atoms with Gasteiger partial charge in [-0.1, -0.05) is 55.5 Å². The molecule has 0 saturated heterocycles. The standard InChI is InChI=1S/C28H26BrN3O4S/c1-5-35-27(34)24-17(4)31-28-32(25(24)20-9-7-19(8-10-20)16(2)3)26(33)23(37-28)15-18-6-11-22(21(29)14-18)36-13-12-30/h6-11,14-16,25H,5,13H2,1-4H3. The number of nitrogens with zero attached hydrogens (tertiary/aromatic N) is 3. The first-order valence-corrected chi connectivity index (χ1v) is 13.4. The number of thiazole rings is 1. The van der Waals surface area contributed by atoms with Gasteiger partial charge in [0.1, 0.15) is 11.8 Å². The van der Waals surface area contributed by atoms with Gasteiger partial charge in [-0.3, -0.25) is 9.36 Å². The van der Waals surface area contributed by atoms with E-state index in [1.54, 1.807) is 30.6 Å². The van der Waals surface area contributed by atoms with Crippen LogP contribution >= 0.6 is 27.3 Å². The van der Waals surface area contributed by atoms with Gasteiger partial charge in [-0.05, 0) is 70.6 Å². The summed E-state index contributed by atoms with van der Waals surface area (Å²) in [5, 5.41) is 8.75. The molecule has 0 saturated carbocycles. The van der Waals surface area contributed by atoms with Crippen LogP contribution in [0.25, 0.3) is 6.08 Å². The zero-order valence-corrected chi connectivity index (χ0v) is 23.4. The number of esters is 1. The molecule has 4 rings (SSSR count). The Hall–Kier alpha value is -3.48. The number of rotatable bonds is 7. The molecule has 0 amide bonds. The predicted molar refractivity (Wildman–Crippen MR) is 146 cm³/mol. The number of carbonyl (C=O) groups is 1. The fraction of sp³-hybridized carbons (Fsp3) is 0.286. The highest BCUT2D eigenvalue weighted by molar-refractivity contribution is 9.10. The lowest BCUT2D eigenvalue weighted by molar-refractivity contribution is -0.139. The molecule has 2 aromatic carbocycles. The van der Waals surface area contributed by atoms with E-state index in [4.69, 9.17) is 14.7 Å². The van der Waals surface area contributed by atoms with Crippen LogP contribution in [0.4, 0.5) is 0 Å². The molecule has 1 aliphatic heterocycles. The molecule has 0 aliphatic carbocycles. The molecule has 2 heterocycles. The Balaban J connectivity index is 1.86. The lowest BCUT2D eigenvalue weighted by Crippen LogP contribution is -2.39. The molecule has 37 heavy (non-hydrogen) atoms. The minimum atomic E-state index is -0.646. The summed E-state index contributed by atoms with van der Waals surface area (Å²) in [5.74, 6) is 0.418. The second kappa shape index (κ2) is 11.3. The Bertz CT molecular complexity index is 1590. The Morgan fingerprint density at radius 1 is 1.27 bits per heavy atom. The van der Waals surface area contributed by atoms with Crippen molar-refractivity contribution in [3.8, 4) is 11.8 Å². The van der Waals surface area contributed by atoms with Crippen LogP contribution in [0, 0.1) is 11.3 Å². The van der Waals surface area contributed by atoms with E-state index in [1.165, 1.54) is 16.9 Å². The van der Waals surface area contributed by atoms with Gasteiger partial charge in [0.25, 0.3) is 5.56 Å². The van der Waals surface area contributed by atoms with Crippen LogP contribution in [0.1, 0.15) is 56.3 Å². The van der Waals surface area contributed by atoms with E-state index in [2.05, 4.69) is 34.8 Å². The molecule has 7 nitrogen and oxygen atoms in total. The highest BCUT2D eigenvalue weighted by Crippen LogP contribution is 2.31. The first-order valence-electron chi connectivity index (χ1n) is 11.8. The van der Waals surface area contributed by atoms with Gasteiger partial charge in [-0.25, -0.2) is 9.79 Å². The molecule has 1 unspecified atom stereocenters. The SMILES string of the molecule is CCOC(=O)C1=C(C)N=c2sc(=Cc3ccc(OCC#N)c(Br)c3)c(=O)n2C1c1ccc(C(C)C)cc1. The molecular weight excluding hydrogens is 554 g/mol. The van der Waals surface area contributed by atoms with Gasteiger partial charge in [0.05, 0.1) is 32.9 Å². The number of nitriles is 1. The maximum absolute atomic E-state index is 13.7. The van der Waals surface area contributed by atoms with Crippen molar-refractivity contribution in [1.82, 2.24) is 4.57 Å². The van der Waals surface area contributed by atoms with Crippen molar-refractivity contribution in [2.75, 3.05) is 13.2 Å². The van der Waals surface area contributed by atoms with E-state index in [1.807, 2.05) is 42.5 Å². The Morgan fingerprint density at radius 2 is 2.00 bits per heavy atom. The molecule has 1 aliphatic rings. The van der Waals surface area contributed by atoms with Crippen LogP contribution in [-0.4, -0.2) is 23.8 Å². The fourth-order valence-electron chi connectivity index (χ4n) is 4.16. The van der Waals surface area contributed by atoms with Gasteiger partial charge in [0.15, 0.2) is 11.4 Å². The lowest BCUT2D eigenvalue weighted by Gasteiger charge is -2.25. The third-order valence-electron chi connectivity index (χ3n) is 5.98. The molecule has 0 spiro atoms. The average Bonchev–Trinajstić information content (AvgIpc) is 3.17. The zero-order valence-electron chi connectivity index (χ0n) is 20.9. The number of ether oxygens (including phenoxy) is 2. The number of hydrogen-bond donors (Lipinski definition) is 0. The molecule has 0 fully saturated rings. The van der Waals surface area contributed by atoms with Crippen molar-refractivity contribution in [1.29, 1.82) is 5.26 Å². The van der Waals surface area contributed by atoms with Crippen LogP contribution in [0.3, 0.4) is 0 Å². The first kappa shape index (κ1) is 26.6. The summed E-state index contributed by atoms with van der Waals surface area (Å²) in [6.07, 6.45) is 1.78. The molecule has 0 N–H and O–H groups in total. The van der Waals surface area contributed by atoms with Crippen molar-refractivity contribution in [3.63, 3.8) is 0 Å². The van der Waals surface area contributed by atoms with Gasteiger partial charge in [-0.2, -0.15) is 5.26 Å². The smallest absolute Gasteiger partial charge is 0.338 e. The van der Waals surface area contributed by atoms with Crippen LogP contribution < -0.4 is 19.6 Å². The molecule has 1 aromatic heterocycles. The Kier molecular flexibility index (Phi) is 8.10. The quantitative estimate of drug-likeness (QED) is 0.382. The molecule has 9 heteroatoms. The van der Waals surface area contributed by atoms with Crippen molar-refractivity contribution in [3.05, 3.63) is 94.6 Å². The topological polar surface area (TPSA) is 93.7 Å². The minimum absolute atomic E-state index is 0.0587. The van der Waals surface area contributed by atoms with Gasteiger partial charge >= 0.3 is 5.97 Å². The Labute approximate surface area is 227 Å². The fourth-order valence-corrected chi connectivity index (χ4v) is 5.71. The van der Waals surface area contributed by atoms with Gasteiger partial charge < -0.3 is 9.47 Å².